The average molecular weight is 271 g/mol. The van der Waals surface area contributed by atoms with Crippen molar-refractivity contribution in [1.82, 2.24) is 0 Å². The van der Waals surface area contributed by atoms with Crippen LogP contribution in [0, 0.1) is 0 Å². The first-order valence-corrected chi connectivity index (χ1v) is 8.45. The van der Waals surface area contributed by atoms with Crippen LogP contribution in [0.3, 0.4) is 0 Å². The van der Waals surface area contributed by atoms with Crippen LogP contribution >= 0.6 is 0 Å². The summed E-state index contributed by atoms with van der Waals surface area (Å²) < 4.78 is 4.70. The molecule has 0 fully saturated rings. The molecule has 0 saturated carbocycles. The van der Waals surface area contributed by atoms with Gasteiger partial charge in [-0.1, -0.05) is 78.3 Å². The van der Waals surface area contributed by atoms with Crippen LogP contribution in [0.1, 0.15) is 65.7 Å². The maximum Gasteiger partial charge on any atom is 0.139 e. The van der Waals surface area contributed by atoms with Crippen LogP contribution in [0.25, 0.3) is 0 Å². The summed E-state index contributed by atoms with van der Waals surface area (Å²) in [4.78, 5) is 0. The van der Waals surface area contributed by atoms with E-state index in [1.54, 1.807) is 7.11 Å². The number of rotatable bonds is 12. The molecule has 0 aliphatic rings. The van der Waals surface area contributed by atoms with Gasteiger partial charge in [-0.25, -0.2) is 0 Å². The van der Waals surface area contributed by atoms with Gasteiger partial charge in [0.05, 0.1) is 0 Å². The molecule has 0 amide bonds. The van der Waals surface area contributed by atoms with E-state index in [4.69, 9.17) is 10.5 Å². The van der Waals surface area contributed by atoms with Crippen molar-refractivity contribution < 1.29 is 4.74 Å². The number of hydrogen-bond acceptors (Lipinski definition) is 2. The molecule has 0 radical (unpaired) electrons. The zero-order chi connectivity index (χ0) is 14.8. The average Bonchev–Trinajstić information content (AvgIpc) is 2.45. The predicted octanol–water partition coefficient (Wildman–Crippen LogP) is 4.86. The van der Waals surface area contributed by atoms with Crippen molar-refractivity contribution >= 4 is 6.71 Å². The maximum atomic E-state index is 5.13. The van der Waals surface area contributed by atoms with Gasteiger partial charge in [0, 0.05) is 13.7 Å². The molecule has 116 valence electrons. The van der Waals surface area contributed by atoms with E-state index >= 15 is 0 Å². The summed E-state index contributed by atoms with van der Waals surface area (Å²) in [7, 11) is 1.68. The normalized spacial score (nSPS) is 9.95. The van der Waals surface area contributed by atoms with Crippen molar-refractivity contribution in [1.29, 1.82) is 0 Å². The van der Waals surface area contributed by atoms with E-state index in [-0.39, 0.29) is 0 Å². The SMILES string of the molecule is CCCCB(CCCC)CCCC.COCCCN. The molecule has 0 spiro atoms. The highest BCUT2D eigenvalue weighted by molar-refractivity contribution is 6.58. The van der Waals surface area contributed by atoms with Gasteiger partial charge in [-0.2, -0.15) is 0 Å². The van der Waals surface area contributed by atoms with Gasteiger partial charge in [0.25, 0.3) is 0 Å². The lowest BCUT2D eigenvalue weighted by Gasteiger charge is -2.11. The molecule has 0 aromatic heterocycles. The Kier molecular flexibility index (Phi) is 22.7. The van der Waals surface area contributed by atoms with Gasteiger partial charge < -0.3 is 10.5 Å². The largest absolute Gasteiger partial charge is 0.385 e. The van der Waals surface area contributed by atoms with Crippen LogP contribution in [-0.2, 0) is 4.74 Å². The fraction of sp³-hybridized carbons (Fsp3) is 1.00. The zero-order valence-corrected chi connectivity index (χ0v) is 14.0. The first kappa shape index (κ1) is 21.3. The van der Waals surface area contributed by atoms with Crippen LogP contribution in [0.15, 0.2) is 0 Å². The third-order valence-corrected chi connectivity index (χ3v) is 3.45. The highest BCUT2D eigenvalue weighted by Crippen LogP contribution is 2.16. The van der Waals surface area contributed by atoms with Crippen molar-refractivity contribution in [2.45, 2.75) is 84.7 Å². The van der Waals surface area contributed by atoms with Crippen LogP contribution in [0.5, 0.6) is 0 Å². The topological polar surface area (TPSA) is 35.2 Å². The molecule has 0 saturated heterocycles. The second-order valence-electron chi connectivity index (χ2n) is 5.43. The summed E-state index contributed by atoms with van der Waals surface area (Å²) in [5, 5.41) is 0. The third kappa shape index (κ3) is 20.5. The Balaban J connectivity index is 0. The van der Waals surface area contributed by atoms with E-state index in [9.17, 15) is 0 Å². The molecule has 0 aliphatic heterocycles. The van der Waals surface area contributed by atoms with Gasteiger partial charge in [0.15, 0.2) is 0 Å². The van der Waals surface area contributed by atoms with Gasteiger partial charge in [-0.3, -0.25) is 0 Å². The van der Waals surface area contributed by atoms with E-state index in [0.717, 1.165) is 26.3 Å². The molecule has 0 bridgehead atoms. The molecule has 0 heterocycles. The van der Waals surface area contributed by atoms with Crippen LogP contribution in [-0.4, -0.2) is 27.0 Å². The molecule has 0 rings (SSSR count). The first-order chi connectivity index (χ1) is 9.26. The fourth-order valence-corrected chi connectivity index (χ4v) is 2.14. The van der Waals surface area contributed by atoms with Crippen LogP contribution < -0.4 is 5.73 Å². The Morgan fingerprint density at radius 3 is 1.42 bits per heavy atom. The van der Waals surface area contributed by atoms with Crippen molar-refractivity contribution in [3.05, 3.63) is 0 Å². The number of unbranched alkanes of at least 4 members (excludes halogenated alkanes) is 3. The van der Waals surface area contributed by atoms with E-state index < -0.39 is 0 Å². The first-order valence-electron chi connectivity index (χ1n) is 8.45. The fourth-order valence-electron chi connectivity index (χ4n) is 2.14. The van der Waals surface area contributed by atoms with Crippen LogP contribution in [0.4, 0.5) is 0 Å². The molecule has 0 unspecified atom stereocenters. The minimum absolute atomic E-state index is 0.730. The Labute approximate surface area is 122 Å². The second-order valence-corrected chi connectivity index (χ2v) is 5.43. The smallest absolute Gasteiger partial charge is 0.139 e. The van der Waals surface area contributed by atoms with Gasteiger partial charge in [0.2, 0.25) is 0 Å². The number of hydrogen-bond donors (Lipinski definition) is 1. The van der Waals surface area contributed by atoms with E-state index in [1.807, 2.05) is 0 Å². The van der Waals surface area contributed by atoms with Gasteiger partial charge in [-0.05, 0) is 13.0 Å². The summed E-state index contributed by atoms with van der Waals surface area (Å²) in [6.45, 7) is 9.47. The third-order valence-electron chi connectivity index (χ3n) is 3.45. The summed E-state index contributed by atoms with van der Waals surface area (Å²) in [5.74, 6) is 0. The standard InChI is InChI=1S/C12H27B.C4H11NO/c1-4-7-10-13(11-8-5-2)12-9-6-3;1-6-4-2-3-5/h4-12H2,1-3H3;2-5H2,1H3. The van der Waals surface area contributed by atoms with Gasteiger partial charge in [0.1, 0.15) is 6.71 Å². The quantitative estimate of drug-likeness (QED) is 0.406. The molecule has 2 N–H and O–H groups in total. The molecule has 2 nitrogen and oxygen atoms in total. The minimum atomic E-state index is 0.730. The van der Waals surface area contributed by atoms with E-state index in [1.165, 1.54) is 57.5 Å². The summed E-state index contributed by atoms with van der Waals surface area (Å²) in [6.07, 6.45) is 13.9. The van der Waals surface area contributed by atoms with Crippen molar-refractivity contribution in [3.8, 4) is 0 Å². The molecular formula is C16H38BNO. The lowest BCUT2D eigenvalue weighted by Crippen LogP contribution is -2.11. The number of methoxy groups -OCH3 is 1. The molecule has 19 heavy (non-hydrogen) atoms. The Bertz CT molecular complexity index is 122. The number of nitrogens with two attached hydrogens (primary N) is 1. The molecule has 0 aliphatic carbocycles. The highest BCUT2D eigenvalue weighted by Gasteiger charge is 2.10. The summed E-state index contributed by atoms with van der Waals surface area (Å²) in [5.41, 5.74) is 5.13. The van der Waals surface area contributed by atoms with Crippen molar-refractivity contribution in [2.24, 2.45) is 5.73 Å². The molecule has 0 aromatic carbocycles. The van der Waals surface area contributed by atoms with Gasteiger partial charge >= 0.3 is 0 Å². The summed E-state index contributed by atoms with van der Waals surface area (Å²) >= 11 is 0. The molecule has 0 atom stereocenters. The Morgan fingerprint density at radius 1 is 0.789 bits per heavy atom. The number of ether oxygens (including phenoxy) is 1. The molecule has 3 heteroatoms. The van der Waals surface area contributed by atoms with E-state index in [0.29, 0.717) is 0 Å². The lowest BCUT2D eigenvalue weighted by atomic mass is 9.41. The Hall–Kier alpha value is -0.0151. The molecule has 0 aromatic rings. The second kappa shape index (κ2) is 20.3. The predicted molar refractivity (Wildman–Crippen MR) is 90.4 cm³/mol. The lowest BCUT2D eigenvalue weighted by molar-refractivity contribution is 0.197. The molecular weight excluding hydrogens is 233 g/mol. The van der Waals surface area contributed by atoms with Gasteiger partial charge in [-0.15, -0.1) is 0 Å². The van der Waals surface area contributed by atoms with Crippen molar-refractivity contribution in [3.63, 3.8) is 0 Å². The monoisotopic (exact) mass is 271 g/mol. The van der Waals surface area contributed by atoms with Crippen LogP contribution in [0.2, 0.25) is 19.0 Å². The summed E-state index contributed by atoms with van der Waals surface area (Å²) in [6, 6.07) is 0. The highest BCUT2D eigenvalue weighted by atomic mass is 16.5. The zero-order valence-electron chi connectivity index (χ0n) is 14.0. The minimum Gasteiger partial charge on any atom is -0.385 e. The van der Waals surface area contributed by atoms with Crippen molar-refractivity contribution in [2.75, 3.05) is 20.3 Å². The Morgan fingerprint density at radius 2 is 1.21 bits per heavy atom. The maximum absolute atomic E-state index is 5.13. The van der Waals surface area contributed by atoms with E-state index in [2.05, 4.69) is 20.8 Å².